The van der Waals surface area contributed by atoms with Crippen molar-refractivity contribution in [3.63, 3.8) is 0 Å². The molecule has 3 nitrogen and oxygen atoms in total. The summed E-state index contributed by atoms with van der Waals surface area (Å²) in [6.45, 7) is 2.31. The minimum absolute atomic E-state index is 0.213. The number of rotatable bonds is 4. The molecule has 1 heterocycles. The van der Waals surface area contributed by atoms with Crippen molar-refractivity contribution in [2.45, 2.75) is 20.0 Å². The van der Waals surface area contributed by atoms with Gasteiger partial charge in [-0.05, 0) is 18.6 Å². The zero-order valence-corrected chi connectivity index (χ0v) is 9.98. The van der Waals surface area contributed by atoms with Gasteiger partial charge < -0.3 is 9.30 Å². The molecule has 0 aliphatic heterocycles. The average molecular weight is 234 g/mol. The molecule has 90 valence electrons. The van der Waals surface area contributed by atoms with E-state index in [2.05, 4.69) is 4.98 Å². The van der Waals surface area contributed by atoms with Crippen LogP contribution in [0, 0.1) is 5.82 Å². The molecule has 0 N–H and O–H groups in total. The van der Waals surface area contributed by atoms with E-state index in [9.17, 15) is 4.39 Å². The molecule has 0 saturated carbocycles. The number of aryl methyl sites for hydroxylation is 1. The average Bonchev–Trinajstić information content (AvgIpc) is 2.72. The first kappa shape index (κ1) is 11.6. The predicted octanol–water partition coefficient (Wildman–Crippen LogP) is 2.70. The smallest absolute Gasteiger partial charge is 0.130 e. The normalized spacial score (nSPS) is 10.5. The van der Waals surface area contributed by atoms with Gasteiger partial charge in [0.2, 0.25) is 0 Å². The second-order valence-corrected chi connectivity index (χ2v) is 3.85. The highest BCUT2D eigenvalue weighted by molar-refractivity contribution is 5.34. The van der Waals surface area contributed by atoms with Crippen molar-refractivity contribution in [3.05, 3.63) is 47.8 Å². The molecule has 0 saturated heterocycles. The molecule has 0 atom stereocenters. The van der Waals surface area contributed by atoms with Crippen LogP contribution in [0.15, 0.2) is 30.7 Å². The Hall–Kier alpha value is -1.84. The summed E-state index contributed by atoms with van der Waals surface area (Å²) in [5.74, 6) is 0.392. The molecule has 0 spiro atoms. The highest BCUT2D eigenvalue weighted by atomic mass is 19.1. The fraction of sp³-hybridized carbons (Fsp3) is 0.308. The van der Waals surface area contributed by atoms with Crippen LogP contribution >= 0.6 is 0 Å². The third kappa shape index (κ3) is 2.46. The highest BCUT2D eigenvalue weighted by Crippen LogP contribution is 2.22. The van der Waals surface area contributed by atoms with Gasteiger partial charge in [0.1, 0.15) is 18.2 Å². The maximum absolute atomic E-state index is 13.5. The Bertz CT molecular complexity index is 508. The van der Waals surface area contributed by atoms with Gasteiger partial charge in [0.25, 0.3) is 0 Å². The van der Waals surface area contributed by atoms with Gasteiger partial charge in [-0.3, -0.25) is 0 Å². The summed E-state index contributed by atoms with van der Waals surface area (Å²) in [7, 11) is 1.90. The Labute approximate surface area is 99.9 Å². The Kier molecular flexibility index (Phi) is 3.42. The molecule has 17 heavy (non-hydrogen) atoms. The number of hydrogen-bond acceptors (Lipinski definition) is 2. The number of nitrogens with zero attached hydrogens (tertiary/aromatic N) is 2. The minimum atomic E-state index is -0.213. The largest absolute Gasteiger partial charge is 0.487 e. The van der Waals surface area contributed by atoms with Gasteiger partial charge in [0, 0.05) is 12.6 Å². The summed E-state index contributed by atoms with van der Waals surface area (Å²) < 4.78 is 21.0. The van der Waals surface area contributed by atoms with Crippen molar-refractivity contribution in [2.24, 2.45) is 7.05 Å². The highest BCUT2D eigenvalue weighted by Gasteiger charge is 2.08. The Morgan fingerprint density at radius 3 is 2.88 bits per heavy atom. The summed E-state index contributed by atoms with van der Waals surface area (Å²) in [6, 6.07) is 4.90. The van der Waals surface area contributed by atoms with Crippen molar-refractivity contribution in [1.29, 1.82) is 0 Å². The lowest BCUT2D eigenvalue weighted by atomic mass is 10.1. The van der Waals surface area contributed by atoms with E-state index >= 15 is 0 Å². The Morgan fingerprint density at radius 1 is 1.41 bits per heavy atom. The number of imidazole rings is 1. The standard InChI is InChI=1S/C13H15FN2O/c1-3-11-12(14)5-4-6-13(11)17-8-10-7-15-9-16(10)2/h4-7,9H,3,8H2,1-2H3. The van der Waals surface area contributed by atoms with E-state index < -0.39 is 0 Å². The summed E-state index contributed by atoms with van der Waals surface area (Å²) >= 11 is 0. The van der Waals surface area contributed by atoms with Crippen LogP contribution in [0.25, 0.3) is 0 Å². The van der Waals surface area contributed by atoms with Gasteiger partial charge in [-0.1, -0.05) is 13.0 Å². The first-order valence-corrected chi connectivity index (χ1v) is 5.57. The molecule has 0 aliphatic carbocycles. The van der Waals surface area contributed by atoms with Crippen LogP contribution in [0.4, 0.5) is 4.39 Å². The molecule has 4 heteroatoms. The van der Waals surface area contributed by atoms with Crippen molar-refractivity contribution >= 4 is 0 Å². The van der Waals surface area contributed by atoms with Crippen LogP contribution in [0.2, 0.25) is 0 Å². The van der Waals surface area contributed by atoms with Gasteiger partial charge >= 0.3 is 0 Å². The molecule has 0 radical (unpaired) electrons. The van der Waals surface area contributed by atoms with Crippen LogP contribution in [0.5, 0.6) is 5.75 Å². The molecule has 0 fully saturated rings. The quantitative estimate of drug-likeness (QED) is 0.813. The molecule has 0 bridgehead atoms. The molecule has 0 aliphatic rings. The van der Waals surface area contributed by atoms with E-state index in [4.69, 9.17) is 4.74 Å². The van der Waals surface area contributed by atoms with E-state index in [-0.39, 0.29) is 5.82 Å². The van der Waals surface area contributed by atoms with Gasteiger partial charge in [0.05, 0.1) is 18.2 Å². The van der Waals surface area contributed by atoms with E-state index in [1.54, 1.807) is 24.7 Å². The van der Waals surface area contributed by atoms with Crippen LogP contribution in [0.1, 0.15) is 18.2 Å². The monoisotopic (exact) mass is 234 g/mol. The molecule has 2 aromatic rings. The molecular formula is C13H15FN2O. The van der Waals surface area contributed by atoms with Gasteiger partial charge in [-0.15, -0.1) is 0 Å². The van der Waals surface area contributed by atoms with Crippen molar-refractivity contribution < 1.29 is 9.13 Å². The van der Waals surface area contributed by atoms with Gasteiger partial charge in [-0.2, -0.15) is 0 Å². The van der Waals surface area contributed by atoms with Crippen LogP contribution < -0.4 is 4.74 Å². The third-order valence-electron chi connectivity index (χ3n) is 2.72. The zero-order valence-electron chi connectivity index (χ0n) is 9.98. The molecule has 1 aromatic heterocycles. The van der Waals surface area contributed by atoms with E-state index in [1.807, 2.05) is 18.5 Å². The zero-order chi connectivity index (χ0) is 12.3. The molecule has 2 rings (SSSR count). The van der Waals surface area contributed by atoms with Crippen molar-refractivity contribution in [1.82, 2.24) is 9.55 Å². The maximum atomic E-state index is 13.5. The van der Waals surface area contributed by atoms with Crippen LogP contribution in [-0.4, -0.2) is 9.55 Å². The SMILES string of the molecule is CCc1c(F)cccc1OCc1cncn1C. The topological polar surface area (TPSA) is 27.1 Å². The number of hydrogen-bond donors (Lipinski definition) is 0. The van der Waals surface area contributed by atoms with Crippen LogP contribution in [0.3, 0.4) is 0 Å². The summed E-state index contributed by atoms with van der Waals surface area (Å²) in [6.07, 6.45) is 4.07. The number of aromatic nitrogens is 2. The van der Waals surface area contributed by atoms with E-state index in [0.29, 0.717) is 24.3 Å². The number of benzene rings is 1. The van der Waals surface area contributed by atoms with Crippen molar-refractivity contribution in [3.8, 4) is 5.75 Å². The van der Waals surface area contributed by atoms with E-state index in [1.165, 1.54) is 6.07 Å². The summed E-state index contributed by atoms with van der Waals surface area (Å²) in [5.41, 5.74) is 1.57. The minimum Gasteiger partial charge on any atom is -0.487 e. The van der Waals surface area contributed by atoms with Gasteiger partial charge in [0.15, 0.2) is 0 Å². The first-order chi connectivity index (χ1) is 8.22. The van der Waals surface area contributed by atoms with Gasteiger partial charge in [-0.25, -0.2) is 9.37 Å². The lowest BCUT2D eigenvalue weighted by Gasteiger charge is -2.11. The number of ether oxygens (including phenoxy) is 1. The first-order valence-electron chi connectivity index (χ1n) is 5.57. The lowest BCUT2D eigenvalue weighted by molar-refractivity contribution is 0.292. The third-order valence-corrected chi connectivity index (χ3v) is 2.72. The molecule has 0 amide bonds. The fourth-order valence-corrected chi connectivity index (χ4v) is 1.69. The Balaban J connectivity index is 2.14. The molecule has 1 aromatic carbocycles. The molecule has 0 unspecified atom stereocenters. The van der Waals surface area contributed by atoms with Crippen LogP contribution in [-0.2, 0) is 20.1 Å². The fourth-order valence-electron chi connectivity index (χ4n) is 1.69. The van der Waals surface area contributed by atoms with E-state index in [0.717, 1.165) is 5.69 Å². The summed E-state index contributed by atoms with van der Waals surface area (Å²) in [5, 5.41) is 0. The lowest BCUT2D eigenvalue weighted by Crippen LogP contribution is -2.03. The Morgan fingerprint density at radius 2 is 2.24 bits per heavy atom. The summed E-state index contributed by atoms with van der Waals surface area (Å²) in [4.78, 5) is 4.00. The number of halogens is 1. The molecular weight excluding hydrogens is 219 g/mol. The van der Waals surface area contributed by atoms with Crippen molar-refractivity contribution in [2.75, 3.05) is 0 Å². The second kappa shape index (κ2) is 4.99. The second-order valence-electron chi connectivity index (χ2n) is 3.85. The predicted molar refractivity (Wildman–Crippen MR) is 63.3 cm³/mol. The maximum Gasteiger partial charge on any atom is 0.130 e.